The standard InChI is InChI=1S/C24H33N3O6S2/c1-3-23(27(34(2,29)30)20-10-6-4-7-11-20)24(28)25-16-19-33-21-12-14-22(15-13-21)35(31,32)26-17-8-5-9-18-26/h4,6-7,10-15,23H,3,5,8-9,16-19H2,1-2H3,(H,25,28)/t23-/m1/s1. The highest BCUT2D eigenvalue weighted by molar-refractivity contribution is 7.92. The van der Waals surface area contributed by atoms with Crippen LogP contribution < -0.4 is 14.4 Å². The Hall–Kier alpha value is -2.63. The van der Waals surface area contributed by atoms with Crippen molar-refractivity contribution >= 4 is 31.6 Å². The Morgan fingerprint density at radius 1 is 1.00 bits per heavy atom. The lowest BCUT2D eigenvalue weighted by Crippen LogP contribution is -2.49. The average Bonchev–Trinajstić information content (AvgIpc) is 2.85. The molecule has 1 amide bonds. The maximum Gasteiger partial charge on any atom is 0.244 e. The number of para-hydroxylation sites is 1. The van der Waals surface area contributed by atoms with Crippen LogP contribution in [0.1, 0.15) is 32.6 Å². The smallest absolute Gasteiger partial charge is 0.244 e. The highest BCUT2D eigenvalue weighted by Gasteiger charge is 2.31. The second kappa shape index (κ2) is 11.9. The first-order chi connectivity index (χ1) is 16.6. The predicted molar refractivity (Wildman–Crippen MR) is 135 cm³/mol. The number of sulfonamides is 2. The molecule has 1 aliphatic heterocycles. The molecule has 2 aromatic rings. The first kappa shape index (κ1) is 27.0. The molecule has 11 heteroatoms. The van der Waals surface area contributed by atoms with Crippen molar-refractivity contribution in [2.45, 2.75) is 43.5 Å². The van der Waals surface area contributed by atoms with E-state index in [-0.39, 0.29) is 18.0 Å². The minimum atomic E-state index is -3.68. The van der Waals surface area contributed by atoms with Crippen molar-refractivity contribution in [2.75, 3.05) is 36.8 Å². The van der Waals surface area contributed by atoms with Crippen molar-refractivity contribution in [1.82, 2.24) is 9.62 Å². The van der Waals surface area contributed by atoms with Crippen molar-refractivity contribution < 1.29 is 26.4 Å². The van der Waals surface area contributed by atoms with E-state index in [9.17, 15) is 21.6 Å². The number of hydrogen-bond donors (Lipinski definition) is 1. The summed E-state index contributed by atoms with van der Waals surface area (Å²) >= 11 is 0. The summed E-state index contributed by atoms with van der Waals surface area (Å²) in [6.07, 6.45) is 4.17. The van der Waals surface area contributed by atoms with Gasteiger partial charge in [0.15, 0.2) is 0 Å². The number of hydrogen-bond acceptors (Lipinski definition) is 6. The van der Waals surface area contributed by atoms with Gasteiger partial charge in [-0.15, -0.1) is 0 Å². The number of rotatable bonds is 11. The van der Waals surface area contributed by atoms with Crippen molar-refractivity contribution in [2.24, 2.45) is 0 Å². The van der Waals surface area contributed by atoms with Crippen LogP contribution in [-0.4, -0.2) is 65.6 Å². The summed E-state index contributed by atoms with van der Waals surface area (Å²) in [6, 6.07) is 13.8. The molecule has 192 valence electrons. The zero-order chi connectivity index (χ0) is 25.5. The molecule has 2 aromatic carbocycles. The van der Waals surface area contributed by atoms with Crippen LogP contribution in [0.15, 0.2) is 59.5 Å². The first-order valence-electron chi connectivity index (χ1n) is 11.7. The zero-order valence-corrected chi connectivity index (χ0v) is 21.7. The number of carbonyl (C=O) groups is 1. The molecule has 0 unspecified atom stereocenters. The molecule has 0 bridgehead atoms. The Labute approximate surface area is 208 Å². The molecule has 1 fully saturated rings. The lowest BCUT2D eigenvalue weighted by molar-refractivity contribution is -0.122. The quantitative estimate of drug-likeness (QED) is 0.453. The molecule has 0 aliphatic carbocycles. The number of anilines is 1. The monoisotopic (exact) mass is 523 g/mol. The fraction of sp³-hybridized carbons (Fsp3) is 0.458. The van der Waals surface area contributed by atoms with Gasteiger partial charge in [-0.05, 0) is 55.7 Å². The Bertz CT molecular complexity index is 1180. The Balaban J connectivity index is 1.55. The number of amides is 1. The fourth-order valence-corrected chi connectivity index (χ4v) is 6.79. The summed E-state index contributed by atoms with van der Waals surface area (Å²) in [6.45, 7) is 3.14. The van der Waals surface area contributed by atoms with E-state index in [1.165, 1.54) is 16.4 Å². The van der Waals surface area contributed by atoms with Crippen molar-refractivity contribution in [3.05, 3.63) is 54.6 Å². The molecule has 0 aromatic heterocycles. The number of carbonyl (C=O) groups excluding carboxylic acids is 1. The summed E-state index contributed by atoms with van der Waals surface area (Å²) < 4.78 is 58.6. The van der Waals surface area contributed by atoms with Gasteiger partial charge in [-0.1, -0.05) is 31.5 Å². The number of piperidine rings is 1. The molecular formula is C24H33N3O6S2. The van der Waals surface area contributed by atoms with E-state index in [4.69, 9.17) is 4.74 Å². The average molecular weight is 524 g/mol. The SMILES string of the molecule is CC[C@H](C(=O)NCCOc1ccc(S(=O)(=O)N2CCCCC2)cc1)N(c1ccccc1)S(C)(=O)=O. The van der Waals surface area contributed by atoms with E-state index in [2.05, 4.69) is 5.32 Å². The molecule has 35 heavy (non-hydrogen) atoms. The van der Waals surface area contributed by atoms with Crippen LogP contribution in [0.2, 0.25) is 0 Å². The van der Waals surface area contributed by atoms with E-state index >= 15 is 0 Å². The van der Waals surface area contributed by atoms with Crippen LogP contribution in [0, 0.1) is 0 Å². The van der Waals surface area contributed by atoms with Crippen LogP contribution in [0.4, 0.5) is 5.69 Å². The minimum Gasteiger partial charge on any atom is -0.492 e. The molecule has 1 atom stereocenters. The maximum absolute atomic E-state index is 12.8. The summed E-state index contributed by atoms with van der Waals surface area (Å²) in [5, 5.41) is 2.73. The van der Waals surface area contributed by atoms with Gasteiger partial charge in [-0.25, -0.2) is 16.8 Å². The van der Waals surface area contributed by atoms with Gasteiger partial charge in [0.1, 0.15) is 18.4 Å². The summed E-state index contributed by atoms with van der Waals surface area (Å²) in [7, 11) is -7.19. The number of nitrogens with one attached hydrogen (secondary N) is 1. The predicted octanol–water partition coefficient (Wildman–Crippen LogP) is 2.60. The fourth-order valence-electron chi connectivity index (χ4n) is 4.06. The Morgan fingerprint density at radius 3 is 2.20 bits per heavy atom. The zero-order valence-electron chi connectivity index (χ0n) is 20.1. The summed E-state index contributed by atoms with van der Waals surface area (Å²) in [5.74, 6) is 0.0549. The molecule has 0 saturated carbocycles. The van der Waals surface area contributed by atoms with Crippen LogP contribution in [0.5, 0.6) is 5.75 Å². The molecule has 1 saturated heterocycles. The molecule has 1 heterocycles. The van der Waals surface area contributed by atoms with Crippen molar-refractivity contribution in [1.29, 1.82) is 0 Å². The van der Waals surface area contributed by atoms with Gasteiger partial charge >= 0.3 is 0 Å². The minimum absolute atomic E-state index is 0.143. The second-order valence-corrected chi connectivity index (χ2v) is 12.2. The van der Waals surface area contributed by atoms with Gasteiger partial charge < -0.3 is 10.1 Å². The molecule has 0 spiro atoms. The number of nitrogens with zero attached hydrogens (tertiary/aromatic N) is 2. The van der Waals surface area contributed by atoms with Gasteiger partial charge in [0, 0.05) is 13.1 Å². The van der Waals surface area contributed by atoms with Gasteiger partial charge in [-0.3, -0.25) is 9.10 Å². The highest BCUT2D eigenvalue weighted by Crippen LogP contribution is 2.23. The maximum atomic E-state index is 12.8. The van der Waals surface area contributed by atoms with E-state index in [1.807, 2.05) is 0 Å². The van der Waals surface area contributed by atoms with Crippen LogP contribution in [0.25, 0.3) is 0 Å². The van der Waals surface area contributed by atoms with Crippen LogP contribution in [-0.2, 0) is 24.8 Å². The molecule has 1 N–H and O–H groups in total. The van der Waals surface area contributed by atoms with Gasteiger partial charge in [0.2, 0.25) is 26.0 Å². The van der Waals surface area contributed by atoms with Crippen molar-refractivity contribution in [3.63, 3.8) is 0 Å². The molecular weight excluding hydrogens is 490 g/mol. The Kier molecular flexibility index (Phi) is 9.15. The molecule has 0 radical (unpaired) electrons. The lowest BCUT2D eigenvalue weighted by Gasteiger charge is -2.30. The third-order valence-corrected chi connectivity index (χ3v) is 8.88. The number of benzene rings is 2. The van der Waals surface area contributed by atoms with Crippen molar-refractivity contribution in [3.8, 4) is 5.75 Å². The van der Waals surface area contributed by atoms with Gasteiger partial charge in [0.25, 0.3) is 0 Å². The lowest BCUT2D eigenvalue weighted by atomic mass is 10.2. The van der Waals surface area contributed by atoms with E-state index in [1.54, 1.807) is 49.4 Å². The van der Waals surface area contributed by atoms with Crippen LogP contribution in [0.3, 0.4) is 0 Å². The van der Waals surface area contributed by atoms with Gasteiger partial charge in [-0.2, -0.15) is 4.31 Å². The summed E-state index contributed by atoms with van der Waals surface area (Å²) in [5.41, 5.74) is 0.424. The number of ether oxygens (including phenoxy) is 1. The normalized spacial score (nSPS) is 15.8. The highest BCUT2D eigenvalue weighted by atomic mass is 32.2. The third-order valence-electron chi connectivity index (χ3n) is 5.79. The largest absolute Gasteiger partial charge is 0.492 e. The molecule has 1 aliphatic rings. The Morgan fingerprint density at radius 2 is 1.63 bits per heavy atom. The summed E-state index contributed by atoms with van der Waals surface area (Å²) in [4.78, 5) is 13.0. The topological polar surface area (TPSA) is 113 Å². The van der Waals surface area contributed by atoms with Gasteiger partial charge in [0.05, 0.1) is 23.4 Å². The van der Waals surface area contributed by atoms with Crippen LogP contribution >= 0.6 is 0 Å². The van der Waals surface area contributed by atoms with E-state index < -0.39 is 32.0 Å². The second-order valence-electron chi connectivity index (χ2n) is 8.39. The first-order valence-corrected chi connectivity index (χ1v) is 15.0. The molecule has 3 rings (SSSR count). The van der Waals surface area contributed by atoms with E-state index in [0.717, 1.165) is 29.8 Å². The third kappa shape index (κ3) is 6.96. The molecule has 9 nitrogen and oxygen atoms in total. The van der Waals surface area contributed by atoms with E-state index in [0.29, 0.717) is 30.9 Å².